The highest BCUT2D eigenvalue weighted by molar-refractivity contribution is 5.93. The number of hydrogen-bond acceptors (Lipinski definition) is 3. The van der Waals surface area contributed by atoms with Crippen LogP contribution in [0.15, 0.2) is 42.5 Å². The van der Waals surface area contributed by atoms with E-state index in [1.807, 2.05) is 20.0 Å². The van der Waals surface area contributed by atoms with E-state index in [0.29, 0.717) is 17.8 Å². The normalized spacial score (nSPS) is 12.8. The molecule has 5 nitrogen and oxygen atoms in total. The van der Waals surface area contributed by atoms with E-state index >= 15 is 0 Å². The molecule has 1 amide bonds. The molecule has 0 saturated heterocycles. The second-order valence-corrected chi connectivity index (χ2v) is 5.89. The van der Waals surface area contributed by atoms with E-state index in [-0.39, 0.29) is 17.7 Å². The topological polar surface area (TPSA) is 66.6 Å². The number of benzene rings is 2. The Hall–Kier alpha value is -2.91. The highest BCUT2D eigenvalue weighted by Crippen LogP contribution is 2.17. The van der Waals surface area contributed by atoms with Crippen molar-refractivity contribution in [1.29, 1.82) is 5.26 Å². The zero-order chi connectivity index (χ0) is 18.4. The second kappa shape index (κ2) is 8.27. The number of nitriles is 1. The molecule has 6 heteroatoms. The molecule has 2 aromatic carbocycles. The van der Waals surface area contributed by atoms with Gasteiger partial charge in [-0.2, -0.15) is 5.26 Å². The van der Waals surface area contributed by atoms with Gasteiger partial charge in [0.25, 0.3) is 5.91 Å². The van der Waals surface area contributed by atoms with E-state index in [4.69, 9.17) is 10.00 Å². The molecule has 0 aliphatic heterocycles. The summed E-state index contributed by atoms with van der Waals surface area (Å²) in [5, 5.41) is 11.6. The van der Waals surface area contributed by atoms with Crippen LogP contribution >= 0.6 is 0 Å². The summed E-state index contributed by atoms with van der Waals surface area (Å²) in [6.07, 6.45) is 0. The second-order valence-electron chi connectivity index (χ2n) is 5.89. The number of ether oxygens (including phenoxy) is 1. The fourth-order valence-corrected chi connectivity index (χ4v) is 2.40. The molecule has 2 N–H and O–H groups in total. The lowest BCUT2D eigenvalue weighted by atomic mass is 10.1. The molecule has 0 radical (unpaired) electrons. The summed E-state index contributed by atoms with van der Waals surface area (Å²) in [6.45, 7) is 2.32. The quantitative estimate of drug-likeness (QED) is 0.840. The van der Waals surface area contributed by atoms with Gasteiger partial charge >= 0.3 is 0 Å². The predicted molar refractivity (Wildman–Crippen MR) is 92.8 cm³/mol. The minimum Gasteiger partial charge on any atom is -0.494 e. The summed E-state index contributed by atoms with van der Waals surface area (Å²) in [6, 6.07) is 13.2. The van der Waals surface area contributed by atoms with Gasteiger partial charge in [0, 0.05) is 11.3 Å². The van der Waals surface area contributed by atoms with Crippen molar-refractivity contribution in [2.24, 2.45) is 0 Å². The van der Waals surface area contributed by atoms with Gasteiger partial charge in [-0.1, -0.05) is 0 Å². The van der Waals surface area contributed by atoms with Gasteiger partial charge in [0.2, 0.25) is 0 Å². The largest absolute Gasteiger partial charge is 0.494 e. The fraction of sp³-hybridized carbons (Fsp3) is 0.263. The Morgan fingerprint density at radius 2 is 2.00 bits per heavy atom. The number of quaternary nitrogens is 1. The number of carbonyl (C=O) groups excluding carboxylic acids is 1. The number of methoxy groups -OCH3 is 1. The third-order valence-electron chi connectivity index (χ3n) is 4.11. The summed E-state index contributed by atoms with van der Waals surface area (Å²) in [5.41, 5.74) is 1.96. The van der Waals surface area contributed by atoms with Crippen LogP contribution in [0.5, 0.6) is 5.75 Å². The Bertz CT molecular complexity index is 784. The average Bonchev–Trinajstić information content (AvgIpc) is 2.61. The smallest absolute Gasteiger partial charge is 0.282 e. The molecule has 2 atom stereocenters. The molecule has 0 bridgehead atoms. The first-order valence-electron chi connectivity index (χ1n) is 7.90. The summed E-state index contributed by atoms with van der Waals surface area (Å²) in [7, 11) is 3.30. The molecule has 130 valence electrons. The lowest BCUT2D eigenvalue weighted by Gasteiger charge is -2.21. The van der Waals surface area contributed by atoms with Crippen LogP contribution in [0, 0.1) is 17.1 Å². The Morgan fingerprint density at radius 1 is 1.32 bits per heavy atom. The molecular weight excluding hydrogens is 321 g/mol. The van der Waals surface area contributed by atoms with Crippen molar-refractivity contribution in [3.8, 4) is 11.8 Å². The first kappa shape index (κ1) is 18.4. The van der Waals surface area contributed by atoms with Crippen molar-refractivity contribution in [2.75, 3.05) is 19.5 Å². The molecule has 2 aromatic rings. The predicted octanol–water partition coefficient (Wildman–Crippen LogP) is 1.75. The zero-order valence-electron chi connectivity index (χ0n) is 14.5. The molecule has 2 rings (SSSR count). The number of carbonyl (C=O) groups is 1. The van der Waals surface area contributed by atoms with Crippen LogP contribution < -0.4 is 15.0 Å². The molecule has 0 aromatic heterocycles. The lowest BCUT2D eigenvalue weighted by molar-refractivity contribution is -0.907. The minimum atomic E-state index is -0.414. The van der Waals surface area contributed by atoms with Gasteiger partial charge in [-0.05, 0) is 49.4 Å². The SMILES string of the molecule is COc1ccc(C[NH+](C)[C@@H](C)C(=O)Nc2ccc(C#N)cc2)cc1F. The maximum Gasteiger partial charge on any atom is 0.282 e. The molecule has 0 spiro atoms. The third-order valence-corrected chi connectivity index (χ3v) is 4.11. The summed E-state index contributed by atoms with van der Waals surface area (Å²) in [5.74, 6) is -0.355. The summed E-state index contributed by atoms with van der Waals surface area (Å²) < 4.78 is 18.7. The first-order valence-corrected chi connectivity index (χ1v) is 7.90. The van der Waals surface area contributed by atoms with E-state index in [1.165, 1.54) is 13.2 Å². The third kappa shape index (κ3) is 4.78. The molecule has 0 saturated carbocycles. The van der Waals surface area contributed by atoms with Crippen LogP contribution in [0.1, 0.15) is 18.1 Å². The highest BCUT2D eigenvalue weighted by atomic mass is 19.1. The molecule has 0 fully saturated rings. The standard InChI is InChI=1S/C19H20FN3O2/c1-13(19(24)22-16-7-4-14(11-21)5-8-16)23(2)12-15-6-9-18(25-3)17(20)10-15/h4-10,13H,12H2,1-3H3,(H,22,24)/p+1/t13-/m0/s1. The van der Waals surface area contributed by atoms with Gasteiger partial charge in [0.15, 0.2) is 17.6 Å². The van der Waals surface area contributed by atoms with Gasteiger partial charge in [-0.15, -0.1) is 0 Å². The van der Waals surface area contributed by atoms with Crippen LogP contribution in [0.4, 0.5) is 10.1 Å². The van der Waals surface area contributed by atoms with Crippen LogP contribution in [0.2, 0.25) is 0 Å². The van der Waals surface area contributed by atoms with Crippen LogP contribution in [-0.4, -0.2) is 26.1 Å². The van der Waals surface area contributed by atoms with Crippen LogP contribution in [0.3, 0.4) is 0 Å². The number of amides is 1. The van der Waals surface area contributed by atoms with Crippen LogP contribution in [0.25, 0.3) is 0 Å². The van der Waals surface area contributed by atoms with Crippen molar-refractivity contribution < 1.29 is 18.8 Å². The number of anilines is 1. The molecule has 25 heavy (non-hydrogen) atoms. The number of nitrogens with zero attached hydrogens (tertiary/aromatic N) is 1. The number of likely N-dealkylation sites (N-methyl/N-ethyl adjacent to an activating group) is 1. The van der Waals surface area contributed by atoms with Crippen molar-refractivity contribution >= 4 is 11.6 Å². The van der Waals surface area contributed by atoms with E-state index in [1.54, 1.807) is 36.4 Å². The van der Waals surface area contributed by atoms with Gasteiger partial charge < -0.3 is 15.0 Å². The van der Waals surface area contributed by atoms with Crippen molar-refractivity contribution in [3.05, 3.63) is 59.4 Å². The molecule has 0 heterocycles. The zero-order valence-corrected chi connectivity index (χ0v) is 14.5. The molecular formula is C19H21FN3O2+. The van der Waals surface area contributed by atoms with Crippen molar-refractivity contribution in [2.45, 2.75) is 19.5 Å². The maximum absolute atomic E-state index is 13.8. The number of rotatable bonds is 6. The molecule has 0 aliphatic rings. The van der Waals surface area contributed by atoms with E-state index in [0.717, 1.165) is 10.5 Å². The summed E-state index contributed by atoms with van der Waals surface area (Å²) >= 11 is 0. The summed E-state index contributed by atoms with van der Waals surface area (Å²) in [4.78, 5) is 13.3. The Labute approximate surface area is 146 Å². The van der Waals surface area contributed by atoms with E-state index < -0.39 is 5.82 Å². The van der Waals surface area contributed by atoms with Gasteiger partial charge in [-0.3, -0.25) is 4.79 Å². The Morgan fingerprint density at radius 3 is 2.56 bits per heavy atom. The van der Waals surface area contributed by atoms with Gasteiger partial charge in [0.05, 0.1) is 25.8 Å². The van der Waals surface area contributed by atoms with Crippen molar-refractivity contribution in [3.63, 3.8) is 0 Å². The maximum atomic E-state index is 13.8. The van der Waals surface area contributed by atoms with E-state index in [2.05, 4.69) is 5.32 Å². The molecule has 1 unspecified atom stereocenters. The monoisotopic (exact) mass is 342 g/mol. The first-order chi connectivity index (χ1) is 11.9. The van der Waals surface area contributed by atoms with Crippen molar-refractivity contribution in [1.82, 2.24) is 0 Å². The Kier molecular flexibility index (Phi) is 6.09. The number of halogens is 1. The highest BCUT2D eigenvalue weighted by Gasteiger charge is 2.22. The lowest BCUT2D eigenvalue weighted by Crippen LogP contribution is -3.12. The fourth-order valence-electron chi connectivity index (χ4n) is 2.40. The number of hydrogen-bond donors (Lipinski definition) is 2. The Balaban J connectivity index is 1.98. The van der Waals surface area contributed by atoms with Crippen LogP contribution in [-0.2, 0) is 11.3 Å². The van der Waals surface area contributed by atoms with Gasteiger partial charge in [0.1, 0.15) is 6.54 Å². The average molecular weight is 342 g/mol. The molecule has 0 aliphatic carbocycles. The number of nitrogens with one attached hydrogen (secondary N) is 2. The van der Waals surface area contributed by atoms with Gasteiger partial charge in [-0.25, -0.2) is 4.39 Å². The van der Waals surface area contributed by atoms with E-state index in [9.17, 15) is 9.18 Å². The minimum absolute atomic E-state index is 0.142.